The number of nitrogens with zero attached hydrogens (tertiary/aromatic N) is 3. The van der Waals surface area contributed by atoms with Crippen molar-refractivity contribution < 1.29 is 9.21 Å². The second-order valence-electron chi connectivity index (χ2n) is 3.97. The van der Waals surface area contributed by atoms with Gasteiger partial charge in [0.05, 0.1) is 6.04 Å². The quantitative estimate of drug-likeness (QED) is 0.720. The molecule has 0 aromatic carbocycles. The molecule has 1 aliphatic heterocycles. The fourth-order valence-electron chi connectivity index (χ4n) is 1.82. The van der Waals surface area contributed by atoms with Crippen molar-refractivity contribution in [1.29, 1.82) is 0 Å². The van der Waals surface area contributed by atoms with Crippen LogP contribution in [0, 0.1) is 0 Å². The molecule has 0 bridgehead atoms. The minimum atomic E-state index is -0.363. The molecule has 1 amide bonds. The van der Waals surface area contributed by atoms with Gasteiger partial charge in [-0.3, -0.25) is 4.79 Å². The highest BCUT2D eigenvalue weighted by Crippen LogP contribution is 2.25. The molecule has 0 saturated carbocycles. The van der Waals surface area contributed by atoms with Gasteiger partial charge in [-0.15, -0.1) is 5.10 Å². The van der Waals surface area contributed by atoms with E-state index in [-0.39, 0.29) is 18.0 Å². The first kappa shape index (κ1) is 10.9. The predicted molar refractivity (Wildman–Crippen MR) is 56.5 cm³/mol. The molecule has 4 N–H and O–H groups in total. The Kier molecular flexibility index (Phi) is 2.78. The number of hydrogen-bond donors (Lipinski definition) is 2. The van der Waals surface area contributed by atoms with Crippen LogP contribution in [0.5, 0.6) is 0 Å². The first-order chi connectivity index (χ1) is 7.59. The van der Waals surface area contributed by atoms with E-state index in [4.69, 9.17) is 15.9 Å². The van der Waals surface area contributed by atoms with Gasteiger partial charge in [0, 0.05) is 6.54 Å². The van der Waals surface area contributed by atoms with Gasteiger partial charge in [-0.1, -0.05) is 5.10 Å². The maximum atomic E-state index is 11.2. The SMILES string of the molecule is CC(N)c1nnc(N2CCCC2C(N)=O)o1. The summed E-state index contributed by atoms with van der Waals surface area (Å²) in [5.41, 5.74) is 10.9. The van der Waals surface area contributed by atoms with Crippen molar-refractivity contribution in [3.63, 3.8) is 0 Å². The summed E-state index contributed by atoms with van der Waals surface area (Å²) in [7, 11) is 0. The van der Waals surface area contributed by atoms with E-state index in [2.05, 4.69) is 10.2 Å². The predicted octanol–water partition coefficient (Wildman–Crippen LogP) is -0.457. The van der Waals surface area contributed by atoms with E-state index in [0.29, 0.717) is 18.5 Å². The van der Waals surface area contributed by atoms with Gasteiger partial charge in [-0.2, -0.15) is 0 Å². The van der Waals surface area contributed by atoms with Crippen LogP contribution in [0.4, 0.5) is 6.01 Å². The molecular weight excluding hydrogens is 210 g/mol. The third-order valence-corrected chi connectivity index (χ3v) is 2.65. The average molecular weight is 225 g/mol. The lowest BCUT2D eigenvalue weighted by Crippen LogP contribution is -2.40. The highest BCUT2D eigenvalue weighted by molar-refractivity contribution is 5.83. The molecule has 0 aliphatic carbocycles. The van der Waals surface area contributed by atoms with E-state index in [1.54, 1.807) is 11.8 Å². The zero-order valence-corrected chi connectivity index (χ0v) is 9.09. The van der Waals surface area contributed by atoms with Gasteiger partial charge in [-0.05, 0) is 19.8 Å². The molecule has 7 nitrogen and oxygen atoms in total. The van der Waals surface area contributed by atoms with E-state index in [0.717, 1.165) is 12.8 Å². The van der Waals surface area contributed by atoms with Gasteiger partial charge >= 0.3 is 6.01 Å². The summed E-state index contributed by atoms with van der Waals surface area (Å²) in [6.07, 6.45) is 1.62. The summed E-state index contributed by atoms with van der Waals surface area (Å²) in [6.45, 7) is 2.46. The Morgan fingerprint density at radius 2 is 2.38 bits per heavy atom. The second-order valence-corrected chi connectivity index (χ2v) is 3.97. The molecule has 0 spiro atoms. The van der Waals surface area contributed by atoms with Crippen LogP contribution in [0.25, 0.3) is 0 Å². The van der Waals surface area contributed by atoms with Crippen LogP contribution in [0.15, 0.2) is 4.42 Å². The molecule has 2 rings (SSSR count). The fourth-order valence-corrected chi connectivity index (χ4v) is 1.82. The van der Waals surface area contributed by atoms with Crippen LogP contribution >= 0.6 is 0 Å². The van der Waals surface area contributed by atoms with E-state index in [1.807, 2.05) is 0 Å². The fraction of sp³-hybridized carbons (Fsp3) is 0.667. The van der Waals surface area contributed by atoms with E-state index in [1.165, 1.54) is 0 Å². The van der Waals surface area contributed by atoms with Crippen LogP contribution in [-0.2, 0) is 4.79 Å². The van der Waals surface area contributed by atoms with Crippen molar-refractivity contribution in [3.05, 3.63) is 5.89 Å². The maximum absolute atomic E-state index is 11.2. The molecule has 2 atom stereocenters. The normalized spacial score (nSPS) is 22.4. The number of aromatic nitrogens is 2. The van der Waals surface area contributed by atoms with Crippen LogP contribution in [0.3, 0.4) is 0 Å². The summed E-state index contributed by atoms with van der Waals surface area (Å²) in [4.78, 5) is 12.9. The number of carbonyl (C=O) groups excluding carboxylic acids is 1. The monoisotopic (exact) mass is 225 g/mol. The number of hydrogen-bond acceptors (Lipinski definition) is 6. The second kappa shape index (κ2) is 4.09. The lowest BCUT2D eigenvalue weighted by molar-refractivity contribution is -0.119. The van der Waals surface area contributed by atoms with Crippen molar-refractivity contribution in [2.45, 2.75) is 31.8 Å². The Hall–Kier alpha value is -1.63. The van der Waals surface area contributed by atoms with Crippen molar-refractivity contribution in [3.8, 4) is 0 Å². The van der Waals surface area contributed by atoms with Gasteiger partial charge in [0.25, 0.3) is 0 Å². The Morgan fingerprint density at radius 1 is 1.62 bits per heavy atom. The number of rotatable bonds is 3. The summed E-state index contributed by atoms with van der Waals surface area (Å²) in [6, 6.07) is -0.328. The first-order valence-electron chi connectivity index (χ1n) is 5.24. The molecule has 1 aliphatic rings. The third-order valence-electron chi connectivity index (χ3n) is 2.65. The van der Waals surface area contributed by atoms with Crippen LogP contribution < -0.4 is 16.4 Å². The number of carbonyl (C=O) groups is 1. The smallest absolute Gasteiger partial charge is 0.318 e. The molecule has 1 aromatic rings. The highest BCUT2D eigenvalue weighted by Gasteiger charge is 2.32. The number of primary amides is 1. The van der Waals surface area contributed by atoms with Gasteiger partial charge in [0.2, 0.25) is 11.8 Å². The summed E-state index contributed by atoms with van der Waals surface area (Å²) >= 11 is 0. The van der Waals surface area contributed by atoms with Crippen molar-refractivity contribution >= 4 is 11.9 Å². The Bertz CT molecular complexity index is 389. The first-order valence-corrected chi connectivity index (χ1v) is 5.24. The lowest BCUT2D eigenvalue weighted by atomic mass is 10.2. The average Bonchev–Trinajstić information content (AvgIpc) is 2.86. The Morgan fingerprint density at radius 3 is 2.94 bits per heavy atom. The molecule has 88 valence electrons. The minimum Gasteiger partial charge on any atom is -0.406 e. The molecule has 7 heteroatoms. The van der Waals surface area contributed by atoms with Crippen LogP contribution in [-0.4, -0.2) is 28.7 Å². The van der Waals surface area contributed by atoms with Crippen molar-refractivity contribution in [2.24, 2.45) is 11.5 Å². The Balaban J connectivity index is 2.19. The van der Waals surface area contributed by atoms with E-state index < -0.39 is 0 Å². The van der Waals surface area contributed by atoms with Gasteiger partial charge in [-0.25, -0.2) is 0 Å². The highest BCUT2D eigenvalue weighted by atomic mass is 16.4. The summed E-state index contributed by atoms with van der Waals surface area (Å²) in [5, 5.41) is 7.69. The van der Waals surface area contributed by atoms with Gasteiger partial charge < -0.3 is 20.8 Å². The van der Waals surface area contributed by atoms with Crippen molar-refractivity contribution in [2.75, 3.05) is 11.4 Å². The molecule has 1 aromatic heterocycles. The van der Waals surface area contributed by atoms with Crippen LogP contribution in [0.2, 0.25) is 0 Å². The number of amides is 1. The zero-order chi connectivity index (χ0) is 11.7. The van der Waals surface area contributed by atoms with Gasteiger partial charge in [0.1, 0.15) is 6.04 Å². The maximum Gasteiger partial charge on any atom is 0.318 e. The number of anilines is 1. The molecule has 16 heavy (non-hydrogen) atoms. The van der Waals surface area contributed by atoms with E-state index in [9.17, 15) is 4.79 Å². The molecule has 0 radical (unpaired) electrons. The molecule has 2 heterocycles. The van der Waals surface area contributed by atoms with Crippen molar-refractivity contribution in [1.82, 2.24) is 10.2 Å². The molecule has 1 saturated heterocycles. The molecular formula is C9H15N5O2. The summed E-state index contributed by atoms with van der Waals surface area (Å²) in [5.74, 6) is 0.00293. The largest absolute Gasteiger partial charge is 0.406 e. The molecule has 1 fully saturated rings. The number of nitrogens with two attached hydrogens (primary N) is 2. The summed E-state index contributed by atoms with van der Waals surface area (Å²) < 4.78 is 5.38. The van der Waals surface area contributed by atoms with Gasteiger partial charge in [0.15, 0.2) is 0 Å². The minimum absolute atomic E-state index is 0.309. The van der Waals surface area contributed by atoms with Crippen LogP contribution in [0.1, 0.15) is 31.7 Å². The molecule has 2 unspecified atom stereocenters. The lowest BCUT2D eigenvalue weighted by Gasteiger charge is -2.18. The third kappa shape index (κ3) is 1.85. The Labute approximate surface area is 92.8 Å². The standard InChI is InChI=1S/C9H15N5O2/c1-5(10)8-12-13-9(16-8)14-4-2-3-6(14)7(11)15/h5-6H,2-4,10H2,1H3,(H2,11,15). The van der Waals surface area contributed by atoms with E-state index >= 15 is 0 Å². The zero-order valence-electron chi connectivity index (χ0n) is 9.09. The topological polar surface area (TPSA) is 111 Å².